The summed E-state index contributed by atoms with van der Waals surface area (Å²) in [5.41, 5.74) is 0. The molecule has 1 nitrogen and oxygen atoms in total. The average Bonchev–Trinajstić information content (AvgIpc) is 1.83. The number of halogens is 1. The van der Waals surface area contributed by atoms with Gasteiger partial charge >= 0.3 is 0 Å². The summed E-state index contributed by atoms with van der Waals surface area (Å²) in [5.74, 6) is 0. The van der Waals surface area contributed by atoms with E-state index in [9.17, 15) is 0 Å². The van der Waals surface area contributed by atoms with Gasteiger partial charge in [-0.2, -0.15) is 0 Å². The van der Waals surface area contributed by atoms with Crippen molar-refractivity contribution < 1.29 is 4.74 Å². The Hall–Kier alpha value is 0.180. The smallest absolute Gasteiger partial charge is 0.0475 e. The Labute approximate surface area is 58.9 Å². The molecule has 0 saturated carbocycles. The van der Waals surface area contributed by atoms with Gasteiger partial charge in [0.1, 0.15) is 0 Å². The SMILES string of the molecule is C=CC(Br)CCOC. The highest BCUT2D eigenvalue weighted by molar-refractivity contribution is 9.09. The van der Waals surface area contributed by atoms with E-state index in [-0.39, 0.29) is 0 Å². The van der Waals surface area contributed by atoms with E-state index in [4.69, 9.17) is 4.74 Å². The normalized spacial score (nSPS) is 13.2. The molecule has 2 heteroatoms. The fourth-order valence-corrected chi connectivity index (χ4v) is 0.535. The summed E-state index contributed by atoms with van der Waals surface area (Å²) >= 11 is 3.38. The van der Waals surface area contributed by atoms with E-state index in [2.05, 4.69) is 22.5 Å². The largest absolute Gasteiger partial charge is 0.385 e. The lowest BCUT2D eigenvalue weighted by Gasteiger charge is -1.99. The van der Waals surface area contributed by atoms with Crippen LogP contribution < -0.4 is 0 Å². The van der Waals surface area contributed by atoms with Crippen molar-refractivity contribution in [2.24, 2.45) is 0 Å². The Morgan fingerprint density at radius 3 is 2.88 bits per heavy atom. The van der Waals surface area contributed by atoms with Crippen molar-refractivity contribution in [2.75, 3.05) is 13.7 Å². The second-order valence-corrected chi connectivity index (χ2v) is 2.71. The molecule has 0 aromatic carbocycles. The standard InChI is InChI=1S/C6H11BrO/c1-3-6(7)4-5-8-2/h3,6H,1,4-5H2,2H3. The van der Waals surface area contributed by atoms with Crippen molar-refractivity contribution in [3.05, 3.63) is 12.7 Å². The number of methoxy groups -OCH3 is 1. The van der Waals surface area contributed by atoms with Crippen LogP contribution in [0.15, 0.2) is 12.7 Å². The molecule has 1 atom stereocenters. The molecule has 1 unspecified atom stereocenters. The third-order valence-corrected chi connectivity index (χ3v) is 1.69. The monoisotopic (exact) mass is 178 g/mol. The van der Waals surface area contributed by atoms with Gasteiger partial charge in [0, 0.05) is 18.5 Å². The Morgan fingerprint density at radius 2 is 2.50 bits per heavy atom. The highest BCUT2D eigenvalue weighted by atomic mass is 79.9. The maximum atomic E-state index is 4.84. The first kappa shape index (κ1) is 8.18. The fraction of sp³-hybridized carbons (Fsp3) is 0.667. The van der Waals surface area contributed by atoms with Crippen molar-refractivity contribution in [1.82, 2.24) is 0 Å². The molecule has 0 heterocycles. The second kappa shape index (κ2) is 5.32. The Morgan fingerprint density at radius 1 is 1.88 bits per heavy atom. The van der Waals surface area contributed by atoms with Crippen LogP contribution in [0, 0.1) is 0 Å². The van der Waals surface area contributed by atoms with Gasteiger partial charge in [0.15, 0.2) is 0 Å². The van der Waals surface area contributed by atoms with Crippen LogP contribution in [-0.4, -0.2) is 18.5 Å². The van der Waals surface area contributed by atoms with Crippen LogP contribution in [0.1, 0.15) is 6.42 Å². The summed E-state index contributed by atoms with van der Waals surface area (Å²) in [5, 5.41) is 0. The van der Waals surface area contributed by atoms with Gasteiger partial charge in [0.25, 0.3) is 0 Å². The summed E-state index contributed by atoms with van der Waals surface area (Å²) in [6.45, 7) is 4.40. The van der Waals surface area contributed by atoms with Crippen LogP contribution >= 0.6 is 15.9 Å². The molecule has 0 radical (unpaired) electrons. The van der Waals surface area contributed by atoms with E-state index in [0.717, 1.165) is 13.0 Å². The zero-order chi connectivity index (χ0) is 6.41. The molecule has 48 valence electrons. The van der Waals surface area contributed by atoms with Crippen LogP contribution in [0.3, 0.4) is 0 Å². The number of rotatable bonds is 4. The number of hydrogen-bond acceptors (Lipinski definition) is 1. The molecule has 0 rings (SSSR count). The van der Waals surface area contributed by atoms with Crippen LogP contribution in [0.2, 0.25) is 0 Å². The van der Waals surface area contributed by atoms with Crippen molar-refractivity contribution >= 4 is 15.9 Å². The quantitative estimate of drug-likeness (QED) is 0.473. The lowest BCUT2D eigenvalue weighted by atomic mass is 10.3. The third-order valence-electron chi connectivity index (χ3n) is 0.854. The fourth-order valence-electron chi connectivity index (χ4n) is 0.348. The minimum atomic E-state index is 0.405. The number of alkyl halides is 1. The van der Waals surface area contributed by atoms with Gasteiger partial charge in [-0.05, 0) is 6.42 Å². The van der Waals surface area contributed by atoms with Gasteiger partial charge in [-0.3, -0.25) is 0 Å². The molecule has 0 N–H and O–H groups in total. The average molecular weight is 179 g/mol. The van der Waals surface area contributed by atoms with E-state index >= 15 is 0 Å². The van der Waals surface area contributed by atoms with E-state index in [1.807, 2.05) is 6.08 Å². The molecule has 0 amide bonds. The molecule has 0 aromatic rings. The first-order chi connectivity index (χ1) is 3.81. The molecular formula is C6H11BrO. The predicted octanol–water partition coefficient (Wildman–Crippen LogP) is 1.97. The van der Waals surface area contributed by atoms with E-state index < -0.39 is 0 Å². The molecule has 0 saturated heterocycles. The predicted molar refractivity (Wildman–Crippen MR) is 39.4 cm³/mol. The summed E-state index contributed by atoms with van der Waals surface area (Å²) in [6, 6.07) is 0. The maximum absolute atomic E-state index is 4.84. The lowest BCUT2D eigenvalue weighted by molar-refractivity contribution is 0.197. The van der Waals surface area contributed by atoms with Crippen LogP contribution in [0.5, 0.6) is 0 Å². The highest BCUT2D eigenvalue weighted by Gasteiger charge is 1.94. The van der Waals surface area contributed by atoms with Crippen molar-refractivity contribution in [1.29, 1.82) is 0 Å². The van der Waals surface area contributed by atoms with Crippen LogP contribution in [-0.2, 0) is 4.74 Å². The minimum absolute atomic E-state index is 0.405. The molecule has 0 aliphatic carbocycles. The van der Waals surface area contributed by atoms with Crippen LogP contribution in [0.25, 0.3) is 0 Å². The van der Waals surface area contributed by atoms with Crippen molar-refractivity contribution in [3.63, 3.8) is 0 Å². The molecular weight excluding hydrogens is 168 g/mol. The first-order valence-electron chi connectivity index (χ1n) is 2.56. The second-order valence-electron chi connectivity index (χ2n) is 1.53. The molecule has 0 aromatic heterocycles. The van der Waals surface area contributed by atoms with Gasteiger partial charge in [-0.25, -0.2) is 0 Å². The van der Waals surface area contributed by atoms with E-state index in [1.54, 1.807) is 7.11 Å². The summed E-state index contributed by atoms with van der Waals surface area (Å²) < 4.78 is 4.84. The van der Waals surface area contributed by atoms with Crippen molar-refractivity contribution in [2.45, 2.75) is 11.2 Å². The Kier molecular flexibility index (Phi) is 5.44. The molecule has 0 aliphatic rings. The third kappa shape index (κ3) is 4.34. The highest BCUT2D eigenvalue weighted by Crippen LogP contribution is 2.04. The molecule has 0 spiro atoms. The van der Waals surface area contributed by atoms with E-state index in [1.165, 1.54) is 0 Å². The van der Waals surface area contributed by atoms with Gasteiger partial charge in [-0.1, -0.05) is 22.0 Å². The lowest BCUT2D eigenvalue weighted by Crippen LogP contribution is -1.97. The Balaban J connectivity index is 2.98. The van der Waals surface area contributed by atoms with Gasteiger partial charge in [0.05, 0.1) is 0 Å². The van der Waals surface area contributed by atoms with Crippen LogP contribution in [0.4, 0.5) is 0 Å². The molecule has 0 fully saturated rings. The van der Waals surface area contributed by atoms with Gasteiger partial charge in [0.2, 0.25) is 0 Å². The summed E-state index contributed by atoms with van der Waals surface area (Å²) in [6.07, 6.45) is 2.86. The molecule has 0 bridgehead atoms. The van der Waals surface area contributed by atoms with Gasteiger partial charge in [-0.15, -0.1) is 6.58 Å². The Bertz CT molecular complexity index is 63.5. The summed E-state index contributed by atoms with van der Waals surface area (Å²) in [4.78, 5) is 0.405. The maximum Gasteiger partial charge on any atom is 0.0475 e. The topological polar surface area (TPSA) is 9.23 Å². The van der Waals surface area contributed by atoms with Crippen molar-refractivity contribution in [3.8, 4) is 0 Å². The molecule has 8 heavy (non-hydrogen) atoms. The first-order valence-corrected chi connectivity index (χ1v) is 3.48. The number of allylic oxidation sites excluding steroid dienone is 1. The zero-order valence-electron chi connectivity index (χ0n) is 5.06. The van der Waals surface area contributed by atoms with Gasteiger partial charge < -0.3 is 4.74 Å². The summed E-state index contributed by atoms with van der Waals surface area (Å²) in [7, 11) is 1.70. The zero-order valence-corrected chi connectivity index (χ0v) is 6.65. The molecule has 0 aliphatic heterocycles. The number of hydrogen-bond donors (Lipinski definition) is 0. The minimum Gasteiger partial charge on any atom is -0.385 e. The number of ether oxygens (including phenoxy) is 1. The van der Waals surface area contributed by atoms with E-state index in [0.29, 0.717) is 4.83 Å².